The third-order valence-electron chi connectivity index (χ3n) is 3.18. The van der Waals surface area contributed by atoms with Gasteiger partial charge in [-0.3, -0.25) is 4.79 Å². The number of benzene rings is 2. The normalized spacial score (nSPS) is 10.3. The van der Waals surface area contributed by atoms with Gasteiger partial charge in [0, 0.05) is 17.7 Å². The second-order valence-corrected chi connectivity index (χ2v) is 5.10. The minimum Gasteiger partial charge on any atom is -0.493 e. The molecule has 2 aromatic carbocycles. The molecule has 0 saturated heterocycles. The van der Waals surface area contributed by atoms with E-state index >= 15 is 0 Å². The first-order valence-electron chi connectivity index (χ1n) is 7.08. The molecule has 1 N–H and O–H groups in total. The third-order valence-corrected chi connectivity index (χ3v) is 3.46. The van der Waals surface area contributed by atoms with Crippen molar-refractivity contribution < 1.29 is 18.7 Å². The van der Waals surface area contributed by atoms with Gasteiger partial charge < -0.3 is 14.8 Å². The zero-order chi connectivity index (χ0) is 16.8. The molecule has 1 amide bonds. The first kappa shape index (κ1) is 17.1. The molecule has 122 valence electrons. The zero-order valence-electron chi connectivity index (χ0n) is 12.9. The van der Waals surface area contributed by atoms with Crippen LogP contribution in [-0.2, 0) is 6.54 Å². The summed E-state index contributed by atoms with van der Waals surface area (Å²) >= 11 is 6.13. The molecule has 0 aliphatic heterocycles. The summed E-state index contributed by atoms with van der Waals surface area (Å²) in [4.78, 5) is 12.2. The van der Waals surface area contributed by atoms with Crippen molar-refractivity contribution in [3.63, 3.8) is 0 Å². The van der Waals surface area contributed by atoms with Crippen LogP contribution < -0.4 is 14.8 Å². The molecule has 0 aromatic heterocycles. The molecule has 0 unspecified atom stereocenters. The highest BCUT2D eigenvalue weighted by Gasteiger charge is 2.15. The molecule has 2 aromatic rings. The van der Waals surface area contributed by atoms with E-state index in [-0.39, 0.29) is 23.3 Å². The fourth-order valence-corrected chi connectivity index (χ4v) is 2.32. The lowest BCUT2D eigenvalue weighted by Crippen LogP contribution is -2.23. The van der Waals surface area contributed by atoms with Crippen molar-refractivity contribution in [2.45, 2.75) is 13.5 Å². The maximum atomic E-state index is 13.6. The summed E-state index contributed by atoms with van der Waals surface area (Å²) in [5.74, 6) is 0.0179. The SMILES string of the molecule is CCOc1c(Cl)cc(C(=O)NCc2ccccc2F)cc1OC. The van der Waals surface area contributed by atoms with Gasteiger partial charge in [-0.1, -0.05) is 29.8 Å². The molecule has 0 spiro atoms. The van der Waals surface area contributed by atoms with Gasteiger partial charge in [0.1, 0.15) is 5.82 Å². The molecule has 0 aliphatic carbocycles. The largest absolute Gasteiger partial charge is 0.493 e. The smallest absolute Gasteiger partial charge is 0.251 e. The molecule has 6 heteroatoms. The van der Waals surface area contributed by atoms with Crippen LogP contribution in [0, 0.1) is 5.82 Å². The van der Waals surface area contributed by atoms with Gasteiger partial charge in [-0.15, -0.1) is 0 Å². The molecular weight excluding hydrogens is 321 g/mol. The van der Waals surface area contributed by atoms with E-state index < -0.39 is 0 Å². The molecule has 0 saturated carbocycles. The summed E-state index contributed by atoms with van der Waals surface area (Å²) in [5.41, 5.74) is 0.719. The molecule has 0 fully saturated rings. The molecule has 0 heterocycles. The average molecular weight is 338 g/mol. The van der Waals surface area contributed by atoms with Crippen molar-refractivity contribution >= 4 is 17.5 Å². The van der Waals surface area contributed by atoms with E-state index in [1.54, 1.807) is 18.2 Å². The average Bonchev–Trinajstić information content (AvgIpc) is 2.55. The quantitative estimate of drug-likeness (QED) is 0.871. The number of nitrogens with one attached hydrogen (secondary N) is 1. The number of hydrogen-bond acceptors (Lipinski definition) is 3. The minimum absolute atomic E-state index is 0.0820. The second-order valence-electron chi connectivity index (χ2n) is 4.70. The van der Waals surface area contributed by atoms with Crippen LogP contribution in [0.15, 0.2) is 36.4 Å². The van der Waals surface area contributed by atoms with Gasteiger partial charge in [0.25, 0.3) is 5.91 Å². The van der Waals surface area contributed by atoms with Crippen LogP contribution in [-0.4, -0.2) is 19.6 Å². The molecular formula is C17H17ClFNO3. The molecule has 2 rings (SSSR count). The summed E-state index contributed by atoms with van der Waals surface area (Å²) in [5, 5.41) is 2.93. The van der Waals surface area contributed by atoms with Gasteiger partial charge in [0.2, 0.25) is 0 Å². The van der Waals surface area contributed by atoms with Crippen molar-refractivity contribution in [1.82, 2.24) is 5.32 Å². The predicted molar refractivity (Wildman–Crippen MR) is 86.7 cm³/mol. The van der Waals surface area contributed by atoms with Gasteiger partial charge >= 0.3 is 0 Å². The molecule has 4 nitrogen and oxygen atoms in total. The van der Waals surface area contributed by atoms with Crippen LogP contribution in [0.3, 0.4) is 0 Å². The second kappa shape index (κ2) is 7.83. The van der Waals surface area contributed by atoms with Crippen LogP contribution in [0.25, 0.3) is 0 Å². The third kappa shape index (κ3) is 4.13. The summed E-state index contributed by atoms with van der Waals surface area (Å²) in [6, 6.07) is 9.29. The Balaban J connectivity index is 2.16. The molecule has 0 radical (unpaired) electrons. The topological polar surface area (TPSA) is 47.6 Å². The number of carbonyl (C=O) groups excluding carboxylic acids is 1. The molecule has 0 aliphatic rings. The number of amides is 1. The zero-order valence-corrected chi connectivity index (χ0v) is 13.6. The van der Waals surface area contributed by atoms with Gasteiger partial charge in [0.15, 0.2) is 11.5 Å². The fraction of sp³-hybridized carbons (Fsp3) is 0.235. The van der Waals surface area contributed by atoms with Gasteiger partial charge in [-0.2, -0.15) is 0 Å². The van der Waals surface area contributed by atoms with Crippen molar-refractivity contribution in [3.8, 4) is 11.5 Å². The Kier molecular flexibility index (Phi) is 5.82. The van der Waals surface area contributed by atoms with Crippen LogP contribution in [0.5, 0.6) is 11.5 Å². The number of carbonyl (C=O) groups is 1. The highest BCUT2D eigenvalue weighted by atomic mass is 35.5. The lowest BCUT2D eigenvalue weighted by Gasteiger charge is -2.13. The van der Waals surface area contributed by atoms with Gasteiger partial charge in [-0.25, -0.2) is 4.39 Å². The Hall–Kier alpha value is -2.27. The molecule has 23 heavy (non-hydrogen) atoms. The van der Waals surface area contributed by atoms with Crippen molar-refractivity contribution in [1.29, 1.82) is 0 Å². The van der Waals surface area contributed by atoms with Crippen LogP contribution >= 0.6 is 11.6 Å². The maximum Gasteiger partial charge on any atom is 0.251 e. The van der Waals surface area contributed by atoms with E-state index in [4.69, 9.17) is 21.1 Å². The lowest BCUT2D eigenvalue weighted by atomic mass is 10.1. The monoisotopic (exact) mass is 337 g/mol. The minimum atomic E-state index is -0.378. The first-order valence-corrected chi connectivity index (χ1v) is 7.46. The summed E-state index contributed by atoms with van der Waals surface area (Å²) in [6.07, 6.45) is 0. The van der Waals surface area contributed by atoms with Gasteiger partial charge in [-0.05, 0) is 25.1 Å². The van der Waals surface area contributed by atoms with Crippen LogP contribution in [0.4, 0.5) is 4.39 Å². The Morgan fingerprint density at radius 2 is 2.04 bits per heavy atom. The van der Waals surface area contributed by atoms with E-state index in [2.05, 4.69) is 5.32 Å². The van der Waals surface area contributed by atoms with E-state index in [0.29, 0.717) is 29.2 Å². The lowest BCUT2D eigenvalue weighted by molar-refractivity contribution is 0.0950. The number of ether oxygens (including phenoxy) is 2. The summed E-state index contributed by atoms with van der Waals surface area (Å²) in [6.45, 7) is 2.33. The number of rotatable bonds is 6. The number of halogens is 2. The Labute approximate surface area is 139 Å². The predicted octanol–water partition coefficient (Wildman–Crippen LogP) is 3.82. The van der Waals surface area contributed by atoms with E-state index in [1.807, 2.05) is 6.92 Å². The summed E-state index contributed by atoms with van der Waals surface area (Å²) in [7, 11) is 1.47. The van der Waals surface area contributed by atoms with Crippen molar-refractivity contribution in [2.75, 3.05) is 13.7 Å². The Morgan fingerprint density at radius 3 is 2.70 bits per heavy atom. The number of hydrogen-bond donors (Lipinski definition) is 1. The van der Waals surface area contributed by atoms with Crippen LogP contribution in [0.1, 0.15) is 22.8 Å². The van der Waals surface area contributed by atoms with E-state index in [1.165, 1.54) is 25.3 Å². The fourth-order valence-electron chi connectivity index (χ4n) is 2.05. The Morgan fingerprint density at radius 1 is 1.30 bits per heavy atom. The maximum absolute atomic E-state index is 13.6. The highest BCUT2D eigenvalue weighted by molar-refractivity contribution is 6.32. The Bertz CT molecular complexity index is 706. The molecule has 0 bridgehead atoms. The standard InChI is InChI=1S/C17H17ClFNO3/c1-3-23-16-13(18)8-12(9-15(16)22-2)17(21)20-10-11-6-4-5-7-14(11)19/h4-9H,3,10H2,1-2H3,(H,20,21). The van der Waals surface area contributed by atoms with Crippen molar-refractivity contribution in [2.24, 2.45) is 0 Å². The van der Waals surface area contributed by atoms with E-state index in [9.17, 15) is 9.18 Å². The summed E-state index contributed by atoms with van der Waals surface area (Å²) < 4.78 is 24.2. The highest BCUT2D eigenvalue weighted by Crippen LogP contribution is 2.36. The molecule has 0 atom stereocenters. The van der Waals surface area contributed by atoms with Gasteiger partial charge in [0.05, 0.1) is 18.7 Å². The number of methoxy groups -OCH3 is 1. The van der Waals surface area contributed by atoms with Crippen molar-refractivity contribution in [3.05, 3.63) is 58.4 Å². The van der Waals surface area contributed by atoms with E-state index in [0.717, 1.165) is 0 Å². The first-order chi connectivity index (χ1) is 11.1. The van der Waals surface area contributed by atoms with Crippen LogP contribution in [0.2, 0.25) is 5.02 Å².